The Morgan fingerprint density at radius 3 is 1.25 bits per heavy atom. The van der Waals surface area contributed by atoms with E-state index in [9.17, 15) is 43.2 Å². The molecule has 0 radical (unpaired) electrons. The molecule has 7 aromatic heterocycles. The fourth-order valence-electron chi connectivity index (χ4n) is 11.3. The molecule has 34 nitrogen and oxygen atoms in total. The number of nitrogens with zero attached hydrogens (tertiary/aromatic N) is 9. The van der Waals surface area contributed by atoms with Gasteiger partial charge in [0.15, 0.2) is 0 Å². The number of ether oxygens (including phenoxy) is 4. The van der Waals surface area contributed by atoms with Crippen molar-refractivity contribution in [2.75, 3.05) is 96.8 Å². The van der Waals surface area contributed by atoms with Crippen LogP contribution in [0.4, 0.5) is 25.8 Å². The van der Waals surface area contributed by atoms with E-state index < -0.39 is 58.6 Å². The molecule has 41 heteroatoms. The van der Waals surface area contributed by atoms with Crippen molar-refractivity contribution in [3.63, 3.8) is 0 Å². The summed E-state index contributed by atoms with van der Waals surface area (Å²) in [5.74, 6) is -1.99. The summed E-state index contributed by atoms with van der Waals surface area (Å²) >= 11 is 29.5. The minimum Gasteiger partial charge on any atom is -0.481 e. The number of furan rings is 4. The van der Waals surface area contributed by atoms with Crippen LogP contribution in [0.1, 0.15) is 107 Å². The van der Waals surface area contributed by atoms with Gasteiger partial charge < -0.3 is 99.1 Å². The number of anilines is 2. The van der Waals surface area contributed by atoms with Crippen LogP contribution in [0.3, 0.4) is 0 Å². The molecule has 11 N–H and O–H groups in total. The first-order chi connectivity index (χ1) is 54.4. The average molecular weight is 1920 g/mol. The standard InChI is InChI=1S/C18H20BrN3O5.C18H18BrN3O4.C13H10BrN3O2.C9H7BrN2O2.C9H15NO4.C5H11NO.C3Cl3N3/c1-18(2,3)27-17(25)22-7-9(8-22)16(24)21-13-11-6-10(19)4-5-12(11)26-14(13)15(20)23;1-18(2,3)26-17(24)22-7-9(8-22)15-20-13-11-6-10(19)4-5-12(11)25-14(13)16(23)21-15;14-7-1-2-9-8(3-7)10-11(19-9)13(18)17-12(16-10)6-4-15-5-6;10-4-1-2-6-5(3-4)7(11)8(14-6)9(12)13;1-9(2,3)14-8(13)10-4-6(5-10)7(11)12;1-6-2-4-7-5-3-6;4-1-7-2(5)9-3(6)8-1/h4-6,9H,7-8H2,1-3H3,(H2,20,23)(H,21,24);4-6,9H,7-8H2,1-3H3,(H,20,21,23);1-3,6,15H,4-5H2,(H,16,17,18);1-3H,11H2,(H2,12,13);6H,4-5H2,1-3H3,(H,11,12);2-5H2,1H3;. The van der Waals surface area contributed by atoms with Crippen molar-refractivity contribution in [2.24, 2.45) is 23.3 Å². The number of likely N-dealkylation sites (N-methyl/N-ethyl adjacent to an activating group) is 1. The largest absolute Gasteiger partial charge is 0.481 e. The quantitative estimate of drug-likeness (QED) is 0.0687. The number of primary amides is 2. The predicted molar refractivity (Wildman–Crippen MR) is 447 cm³/mol. The number of nitrogens with one attached hydrogen (secondary N) is 4. The van der Waals surface area contributed by atoms with Gasteiger partial charge in [0.25, 0.3) is 22.9 Å². The molecule has 6 amide bonds. The van der Waals surface area contributed by atoms with E-state index in [1.54, 1.807) is 88.9 Å². The van der Waals surface area contributed by atoms with E-state index in [-0.39, 0.29) is 105 Å². The minimum atomic E-state index is -0.857. The van der Waals surface area contributed by atoms with Crippen LogP contribution in [-0.4, -0.2) is 204 Å². The molecular formula is C75H81Br4Cl3N16O18. The maximum absolute atomic E-state index is 12.6. The number of rotatable bonds is 7. The monoisotopic (exact) mass is 1910 g/mol. The molecule has 0 atom stereocenters. The lowest BCUT2D eigenvalue weighted by Crippen LogP contribution is -2.55. The second-order valence-corrected chi connectivity index (χ2v) is 34.6. The summed E-state index contributed by atoms with van der Waals surface area (Å²) in [7, 11) is 2.11. The van der Waals surface area contributed by atoms with Gasteiger partial charge in [0, 0.05) is 111 Å². The first-order valence-electron chi connectivity index (χ1n) is 35.6. The summed E-state index contributed by atoms with van der Waals surface area (Å²) in [6, 6.07) is 21.6. The number of fused-ring (bicyclic) bond motifs is 8. The normalized spacial score (nSPS) is 15.2. The number of nitrogen functional groups attached to an aromatic ring is 1. The van der Waals surface area contributed by atoms with Gasteiger partial charge in [0.05, 0.1) is 36.7 Å². The number of benzene rings is 4. The number of halogens is 7. The van der Waals surface area contributed by atoms with Crippen LogP contribution in [0.15, 0.2) is 118 Å². The molecule has 0 unspecified atom stereocenters. The number of carbonyl (C=O) groups excluding carboxylic acids is 6. The van der Waals surface area contributed by atoms with Gasteiger partial charge in [-0.1, -0.05) is 63.7 Å². The molecule has 0 spiro atoms. The maximum atomic E-state index is 12.6. The van der Waals surface area contributed by atoms with E-state index in [2.05, 4.69) is 121 Å². The Morgan fingerprint density at radius 2 is 0.879 bits per heavy atom. The highest BCUT2D eigenvalue weighted by molar-refractivity contribution is 9.11. The molecule has 116 heavy (non-hydrogen) atoms. The number of aromatic nitrogens is 7. The Morgan fingerprint density at radius 1 is 0.517 bits per heavy atom. The molecule has 0 bridgehead atoms. The summed E-state index contributed by atoms with van der Waals surface area (Å²) in [6.07, 6.45) is -1.24. The molecule has 5 aliphatic rings. The van der Waals surface area contributed by atoms with Gasteiger partial charge >= 0.3 is 24.2 Å². The molecule has 0 aliphatic carbocycles. The first-order valence-corrected chi connectivity index (χ1v) is 40.0. The highest BCUT2D eigenvalue weighted by Crippen LogP contribution is 2.37. The number of carboxylic acids is 1. The Labute approximate surface area is 709 Å². The molecule has 5 fully saturated rings. The van der Waals surface area contributed by atoms with E-state index in [4.69, 9.17) is 93.7 Å². The summed E-state index contributed by atoms with van der Waals surface area (Å²) in [5, 5.41) is 17.4. The van der Waals surface area contributed by atoms with Gasteiger partial charge in [0.1, 0.15) is 67.5 Å². The zero-order valence-electron chi connectivity index (χ0n) is 64.0. The van der Waals surface area contributed by atoms with Crippen molar-refractivity contribution in [1.82, 2.24) is 59.8 Å². The van der Waals surface area contributed by atoms with Gasteiger partial charge in [-0.2, -0.15) is 15.0 Å². The average Bonchev–Trinajstić information content (AvgIpc) is 1.58. The van der Waals surface area contributed by atoms with E-state index in [0.29, 0.717) is 68.6 Å². The zero-order valence-corrected chi connectivity index (χ0v) is 72.6. The summed E-state index contributed by atoms with van der Waals surface area (Å²) in [6.45, 7) is 23.8. The molecule has 618 valence electrons. The summed E-state index contributed by atoms with van der Waals surface area (Å²) < 4.78 is 46.1. The number of carbonyl (C=O) groups is 7. The molecule has 4 aromatic carbocycles. The number of morpholine rings is 1. The molecule has 5 aliphatic heterocycles. The molecule has 0 saturated carbocycles. The van der Waals surface area contributed by atoms with Crippen LogP contribution in [0, 0.1) is 11.8 Å². The Balaban J connectivity index is 0.000000149. The number of likely N-dealkylation sites (tertiary alicyclic amines) is 3. The van der Waals surface area contributed by atoms with E-state index in [0.717, 1.165) is 73.9 Å². The van der Waals surface area contributed by atoms with Crippen molar-refractivity contribution in [3.8, 4) is 0 Å². The van der Waals surface area contributed by atoms with Crippen LogP contribution in [0.2, 0.25) is 15.9 Å². The Hall–Kier alpha value is -9.51. The van der Waals surface area contributed by atoms with E-state index in [1.165, 1.54) is 9.80 Å². The summed E-state index contributed by atoms with van der Waals surface area (Å²) in [5.41, 5.74) is 18.5. The van der Waals surface area contributed by atoms with Crippen molar-refractivity contribution in [2.45, 2.75) is 91.0 Å². The SMILES string of the molecule is CC(C)(C)OC(=O)N1CC(C(=O)Nc2c(C(N)=O)oc3ccc(Br)cc23)C1.CC(C)(C)OC(=O)N1CC(C(=O)O)C1.CC(C)(C)OC(=O)N1CC(c2nc3c(oc4ccc(Br)cc43)c(=O)[nH]2)C1.CN1CCOCC1.Clc1nc(Cl)nc(Cl)n1.NC(=O)c1oc2ccc(Br)cc2c1N.O=c1[nH]c(C2CNC2)nc2c1oc1ccc(Br)cc12. The summed E-state index contributed by atoms with van der Waals surface area (Å²) in [4.78, 5) is 137. The second kappa shape index (κ2) is 37.4. The molecule has 11 aromatic rings. The van der Waals surface area contributed by atoms with Gasteiger partial charge in [-0.05, 0) is 177 Å². The number of H-pyrrole nitrogens is 2. The Bertz CT molecular complexity index is 5600. The lowest BCUT2D eigenvalue weighted by Gasteiger charge is -2.39. The van der Waals surface area contributed by atoms with Gasteiger partial charge in [-0.15, -0.1) is 0 Å². The van der Waals surface area contributed by atoms with Crippen LogP contribution >= 0.6 is 98.5 Å². The smallest absolute Gasteiger partial charge is 0.410 e. The third-order valence-electron chi connectivity index (χ3n) is 17.3. The third-order valence-corrected chi connectivity index (χ3v) is 19.8. The number of amides is 6. The van der Waals surface area contributed by atoms with E-state index >= 15 is 0 Å². The van der Waals surface area contributed by atoms with Gasteiger partial charge in [-0.3, -0.25) is 28.8 Å². The fraction of sp³-hybridized carbons (Fsp3) is 0.387. The maximum Gasteiger partial charge on any atom is 0.410 e. The second-order valence-electron chi connectivity index (χ2n) is 29.9. The van der Waals surface area contributed by atoms with Crippen molar-refractivity contribution in [3.05, 3.63) is 150 Å². The van der Waals surface area contributed by atoms with Crippen molar-refractivity contribution in [1.29, 1.82) is 0 Å². The lowest BCUT2D eigenvalue weighted by atomic mass is 9.99. The van der Waals surface area contributed by atoms with Gasteiger partial charge in [0.2, 0.25) is 44.4 Å². The molecule has 16 rings (SSSR count). The third kappa shape index (κ3) is 23.2. The lowest BCUT2D eigenvalue weighted by molar-refractivity contribution is -0.146. The van der Waals surface area contributed by atoms with Crippen molar-refractivity contribution >= 4 is 218 Å². The van der Waals surface area contributed by atoms with Crippen LogP contribution in [-0.2, 0) is 28.5 Å². The number of hydrogen-bond acceptors (Lipinski definition) is 25. The Kier molecular flexibility index (Phi) is 28.6. The molecule has 12 heterocycles. The number of carboxylic acid groups (broad SMARTS) is 1. The van der Waals surface area contributed by atoms with Crippen molar-refractivity contribution < 1.29 is 75.3 Å². The predicted octanol–water partition coefficient (Wildman–Crippen LogP) is 13.6. The van der Waals surface area contributed by atoms with Crippen LogP contribution < -0.4 is 39.0 Å². The number of aliphatic carboxylic acids is 1. The molecular weight excluding hydrogens is 1840 g/mol. The number of hydrogen-bond donors (Lipinski definition) is 8. The zero-order chi connectivity index (χ0) is 84.7. The number of aromatic amines is 2. The van der Waals surface area contributed by atoms with Gasteiger partial charge in [-0.25, -0.2) is 24.4 Å². The fourth-order valence-corrected chi connectivity index (χ4v) is 13.4. The highest BCUT2D eigenvalue weighted by atomic mass is 79.9. The van der Waals surface area contributed by atoms with Crippen LogP contribution in [0.5, 0.6) is 0 Å². The number of nitrogens with two attached hydrogens (primary N) is 3. The van der Waals surface area contributed by atoms with Crippen LogP contribution in [0.25, 0.3) is 66.1 Å². The minimum absolute atomic E-state index is 0.000000000000000444. The highest BCUT2D eigenvalue weighted by Gasteiger charge is 2.41. The van der Waals surface area contributed by atoms with E-state index in [1.807, 2.05) is 51.1 Å². The molecule has 5 saturated heterocycles. The first kappa shape index (κ1) is 88.8. The topological polar surface area (TPSA) is 474 Å².